The Morgan fingerprint density at radius 3 is 2.05 bits per heavy atom. The van der Waals surface area contributed by atoms with Gasteiger partial charge in [0.25, 0.3) is 5.91 Å². The van der Waals surface area contributed by atoms with Crippen molar-refractivity contribution in [1.82, 2.24) is 10.7 Å². The summed E-state index contributed by atoms with van der Waals surface area (Å²) >= 11 is 3.33. The fourth-order valence-electron chi connectivity index (χ4n) is 3.68. The number of ether oxygens (including phenoxy) is 1. The molecule has 0 fully saturated rings. The molecule has 0 atom stereocenters. The van der Waals surface area contributed by atoms with Crippen LogP contribution in [0.3, 0.4) is 0 Å². The minimum Gasteiger partial charge on any atom is -0.423 e. The van der Waals surface area contributed by atoms with Gasteiger partial charge in [-0.1, -0.05) is 82.7 Å². The van der Waals surface area contributed by atoms with Crippen LogP contribution in [0.25, 0.3) is 0 Å². The van der Waals surface area contributed by atoms with Crippen LogP contribution in [0.2, 0.25) is 0 Å². The van der Waals surface area contributed by atoms with E-state index in [4.69, 9.17) is 4.74 Å². The number of nitrogens with one attached hydrogen (secondary N) is 2. The second-order valence-electron chi connectivity index (χ2n) is 8.23. The second kappa shape index (κ2) is 13.1. The van der Waals surface area contributed by atoms with Gasteiger partial charge in [0.1, 0.15) is 5.75 Å². The predicted octanol–water partition coefficient (Wildman–Crippen LogP) is 5.07. The lowest BCUT2D eigenvalue weighted by Crippen LogP contribution is -2.37. The molecule has 7 nitrogen and oxygen atoms in total. The van der Waals surface area contributed by atoms with E-state index in [-0.39, 0.29) is 12.5 Å². The maximum atomic E-state index is 13.0. The molecule has 0 unspecified atom stereocenters. The standard InChI is InChI=1S/C30H24BrN3O4/c31-25-13-7-12-24(18-25)30(37)38-26-16-14-21(15-17-26)19-33-34-27(35)20-32-29(36)28(22-8-3-1-4-9-22)23-10-5-2-6-11-23/h1-19,28H,20H2,(H,32,36)(H,34,35)/b33-19+. The van der Waals surface area contributed by atoms with Gasteiger partial charge in [-0.25, -0.2) is 10.2 Å². The molecule has 0 bridgehead atoms. The highest BCUT2D eigenvalue weighted by Gasteiger charge is 2.22. The van der Waals surface area contributed by atoms with Crippen molar-refractivity contribution >= 4 is 39.9 Å². The van der Waals surface area contributed by atoms with Crippen molar-refractivity contribution in [1.29, 1.82) is 0 Å². The number of hydrogen-bond acceptors (Lipinski definition) is 5. The van der Waals surface area contributed by atoms with E-state index >= 15 is 0 Å². The Morgan fingerprint density at radius 2 is 1.45 bits per heavy atom. The molecule has 0 radical (unpaired) electrons. The van der Waals surface area contributed by atoms with E-state index in [9.17, 15) is 14.4 Å². The Labute approximate surface area is 228 Å². The van der Waals surface area contributed by atoms with Crippen LogP contribution < -0.4 is 15.5 Å². The second-order valence-corrected chi connectivity index (χ2v) is 9.15. The summed E-state index contributed by atoms with van der Waals surface area (Å²) in [4.78, 5) is 37.5. The van der Waals surface area contributed by atoms with Gasteiger partial charge in [-0.3, -0.25) is 9.59 Å². The minimum absolute atomic E-state index is 0.225. The number of rotatable bonds is 9. The summed E-state index contributed by atoms with van der Waals surface area (Å²) in [5.74, 6) is -1.37. The molecule has 38 heavy (non-hydrogen) atoms. The third kappa shape index (κ3) is 7.47. The lowest BCUT2D eigenvalue weighted by atomic mass is 9.90. The molecule has 0 aliphatic rings. The molecule has 0 aromatic heterocycles. The number of hydrogen-bond donors (Lipinski definition) is 2. The number of carbonyl (C=O) groups excluding carboxylic acids is 3. The Hall–Kier alpha value is -4.56. The number of esters is 1. The topological polar surface area (TPSA) is 96.9 Å². The number of carbonyl (C=O) groups is 3. The average molecular weight is 570 g/mol. The van der Waals surface area contributed by atoms with Crippen molar-refractivity contribution in [2.45, 2.75) is 5.92 Å². The van der Waals surface area contributed by atoms with Gasteiger partial charge in [0.2, 0.25) is 5.91 Å². The molecular weight excluding hydrogens is 546 g/mol. The molecule has 4 rings (SSSR count). The summed E-state index contributed by atoms with van der Waals surface area (Å²) in [6, 6.07) is 32.4. The van der Waals surface area contributed by atoms with Gasteiger partial charge in [0.05, 0.1) is 24.2 Å². The van der Waals surface area contributed by atoms with Crippen LogP contribution in [0.15, 0.2) is 119 Å². The van der Waals surface area contributed by atoms with Crippen LogP contribution in [0.1, 0.15) is 33.0 Å². The number of amides is 2. The molecule has 4 aromatic carbocycles. The Morgan fingerprint density at radius 1 is 0.816 bits per heavy atom. The molecule has 0 saturated carbocycles. The van der Waals surface area contributed by atoms with Gasteiger partial charge in [-0.15, -0.1) is 0 Å². The summed E-state index contributed by atoms with van der Waals surface area (Å²) in [7, 11) is 0. The minimum atomic E-state index is -0.537. The van der Waals surface area contributed by atoms with Crippen LogP contribution in [0, 0.1) is 0 Å². The fourth-order valence-corrected chi connectivity index (χ4v) is 4.08. The van der Waals surface area contributed by atoms with Crippen molar-refractivity contribution in [2.24, 2.45) is 5.10 Å². The van der Waals surface area contributed by atoms with Crippen molar-refractivity contribution in [3.05, 3.63) is 136 Å². The van der Waals surface area contributed by atoms with Crippen molar-refractivity contribution in [3.8, 4) is 5.75 Å². The molecule has 190 valence electrons. The van der Waals surface area contributed by atoms with Crippen LogP contribution in [-0.4, -0.2) is 30.5 Å². The number of halogens is 1. The monoisotopic (exact) mass is 569 g/mol. The molecular formula is C30H24BrN3O4. The SMILES string of the molecule is O=C(CNC(=O)C(c1ccccc1)c1ccccc1)N/N=C/c1ccc(OC(=O)c2cccc(Br)c2)cc1. The largest absolute Gasteiger partial charge is 0.423 e. The van der Waals surface area contributed by atoms with E-state index < -0.39 is 17.8 Å². The summed E-state index contributed by atoms with van der Waals surface area (Å²) in [5.41, 5.74) is 5.19. The molecule has 2 N–H and O–H groups in total. The van der Waals surface area contributed by atoms with Crippen LogP contribution in [0.5, 0.6) is 5.75 Å². The third-order valence-corrected chi connectivity index (χ3v) is 6.00. The highest BCUT2D eigenvalue weighted by atomic mass is 79.9. The van der Waals surface area contributed by atoms with Crippen molar-refractivity contribution in [3.63, 3.8) is 0 Å². The highest BCUT2D eigenvalue weighted by molar-refractivity contribution is 9.10. The van der Waals surface area contributed by atoms with E-state index in [1.807, 2.05) is 66.7 Å². The molecule has 0 saturated heterocycles. The zero-order chi connectivity index (χ0) is 26.7. The van der Waals surface area contributed by atoms with E-state index in [1.54, 1.807) is 42.5 Å². The lowest BCUT2D eigenvalue weighted by Gasteiger charge is -2.17. The number of benzene rings is 4. The van der Waals surface area contributed by atoms with Crippen LogP contribution >= 0.6 is 15.9 Å². The Kier molecular flexibility index (Phi) is 9.15. The molecule has 0 spiro atoms. The zero-order valence-corrected chi connectivity index (χ0v) is 21.8. The quantitative estimate of drug-likeness (QED) is 0.127. The predicted molar refractivity (Wildman–Crippen MR) is 149 cm³/mol. The lowest BCUT2D eigenvalue weighted by molar-refractivity contribution is -0.126. The molecule has 4 aromatic rings. The molecule has 2 amide bonds. The first-order valence-corrected chi connectivity index (χ1v) is 12.6. The van der Waals surface area contributed by atoms with Gasteiger partial charge in [0.15, 0.2) is 0 Å². The van der Waals surface area contributed by atoms with Crippen molar-refractivity contribution in [2.75, 3.05) is 6.54 Å². The average Bonchev–Trinajstić information content (AvgIpc) is 2.94. The summed E-state index contributed by atoms with van der Waals surface area (Å²) in [6.07, 6.45) is 1.45. The van der Waals surface area contributed by atoms with Gasteiger partial charge >= 0.3 is 5.97 Å². The maximum absolute atomic E-state index is 13.0. The van der Waals surface area contributed by atoms with Crippen LogP contribution in [-0.2, 0) is 9.59 Å². The van der Waals surface area contributed by atoms with Gasteiger partial charge in [-0.2, -0.15) is 5.10 Å². The fraction of sp³-hybridized carbons (Fsp3) is 0.0667. The molecule has 0 aliphatic heterocycles. The molecule has 0 heterocycles. The van der Waals surface area contributed by atoms with E-state index in [0.29, 0.717) is 16.9 Å². The van der Waals surface area contributed by atoms with Gasteiger partial charge < -0.3 is 10.1 Å². The Bertz CT molecular complexity index is 1390. The van der Waals surface area contributed by atoms with Crippen LogP contribution in [0.4, 0.5) is 0 Å². The first-order valence-electron chi connectivity index (χ1n) is 11.8. The van der Waals surface area contributed by atoms with E-state index in [2.05, 4.69) is 31.8 Å². The van der Waals surface area contributed by atoms with E-state index in [0.717, 1.165) is 15.6 Å². The van der Waals surface area contributed by atoms with Gasteiger partial charge in [0, 0.05) is 4.47 Å². The number of nitrogens with zero attached hydrogens (tertiary/aromatic N) is 1. The first-order chi connectivity index (χ1) is 18.5. The number of hydrazone groups is 1. The third-order valence-electron chi connectivity index (χ3n) is 5.51. The molecule has 8 heteroatoms. The Balaban J connectivity index is 1.28. The maximum Gasteiger partial charge on any atom is 0.343 e. The zero-order valence-electron chi connectivity index (χ0n) is 20.2. The smallest absolute Gasteiger partial charge is 0.343 e. The summed E-state index contributed by atoms with van der Waals surface area (Å²) in [6.45, 7) is -0.225. The first kappa shape index (κ1) is 26.5. The molecule has 0 aliphatic carbocycles. The summed E-state index contributed by atoms with van der Waals surface area (Å²) < 4.78 is 6.16. The van der Waals surface area contributed by atoms with Gasteiger partial charge in [-0.05, 0) is 59.2 Å². The highest BCUT2D eigenvalue weighted by Crippen LogP contribution is 2.24. The van der Waals surface area contributed by atoms with E-state index in [1.165, 1.54) is 6.21 Å². The summed E-state index contributed by atoms with van der Waals surface area (Å²) in [5, 5.41) is 6.63. The van der Waals surface area contributed by atoms with Crippen molar-refractivity contribution < 1.29 is 19.1 Å². The normalized spacial score (nSPS) is 10.8.